The molecule has 2 aromatic heterocycles. The van der Waals surface area contributed by atoms with Crippen molar-refractivity contribution >= 4 is 45.4 Å². The molecule has 5 rings (SSSR count). The molecule has 2 aromatic carbocycles. The quantitative estimate of drug-likeness (QED) is 0.182. The molecular formula is C30H27IN2O8. The normalized spacial score (nSPS) is 18.5. The summed E-state index contributed by atoms with van der Waals surface area (Å²) < 4.78 is 17.6. The number of carbonyl (C=O) groups excluding carboxylic acids is 2. The molecule has 2 amide bonds. The van der Waals surface area contributed by atoms with Gasteiger partial charge in [-0.15, -0.1) is 0 Å². The van der Waals surface area contributed by atoms with Crippen LogP contribution in [0.4, 0.5) is 0 Å². The molecule has 41 heavy (non-hydrogen) atoms. The van der Waals surface area contributed by atoms with Gasteiger partial charge in [0, 0.05) is 36.0 Å². The monoisotopic (exact) mass is 670 g/mol. The zero-order valence-electron chi connectivity index (χ0n) is 21.7. The number of hydrogen-bond donors (Lipinski definition) is 3. The predicted molar refractivity (Wildman–Crippen MR) is 157 cm³/mol. The summed E-state index contributed by atoms with van der Waals surface area (Å²) in [4.78, 5) is 41.4. The number of hydrogen-bond acceptors (Lipinski definition) is 8. The highest BCUT2D eigenvalue weighted by Gasteiger charge is 2.41. The van der Waals surface area contributed by atoms with Crippen LogP contribution in [-0.4, -0.2) is 58.3 Å². The standard InChI is InChI=1S/C30H27IN2O8/c31-22-6-2-4-8-25(22)40-26-15-20(28(36)32-10-11-34)14-23(27(26)35)33(16-18-9-12-39-17-18)29(37)21-13-19-5-1-3-7-24(19)41-30(21)38/h1-9,12-13,15,17,23,26-27,34-35H,10-11,14,16H2,(H,32,36)/t23-,26+,27+/m1/s1. The Morgan fingerprint density at radius 2 is 1.90 bits per heavy atom. The second-order valence-electron chi connectivity index (χ2n) is 9.50. The number of aliphatic hydroxyl groups is 2. The van der Waals surface area contributed by atoms with Crippen molar-refractivity contribution in [2.45, 2.75) is 31.2 Å². The fourth-order valence-electron chi connectivity index (χ4n) is 4.75. The molecule has 212 valence electrons. The van der Waals surface area contributed by atoms with E-state index in [0.29, 0.717) is 22.3 Å². The number of nitrogens with one attached hydrogen (secondary N) is 1. The van der Waals surface area contributed by atoms with Crippen LogP contribution < -0.4 is 15.7 Å². The van der Waals surface area contributed by atoms with E-state index >= 15 is 0 Å². The summed E-state index contributed by atoms with van der Waals surface area (Å²) in [6.07, 6.45) is 2.13. The van der Waals surface area contributed by atoms with Gasteiger partial charge < -0.3 is 34.0 Å². The summed E-state index contributed by atoms with van der Waals surface area (Å²) >= 11 is 2.11. The van der Waals surface area contributed by atoms with E-state index in [4.69, 9.17) is 13.6 Å². The number of aliphatic hydroxyl groups excluding tert-OH is 2. The summed E-state index contributed by atoms with van der Waals surface area (Å²) in [6.45, 7) is -0.248. The second kappa shape index (κ2) is 12.7. The van der Waals surface area contributed by atoms with Crippen molar-refractivity contribution in [3.8, 4) is 5.75 Å². The lowest BCUT2D eigenvalue weighted by atomic mass is 9.87. The van der Waals surface area contributed by atoms with Gasteiger partial charge in [0.2, 0.25) is 5.91 Å². The van der Waals surface area contributed by atoms with E-state index in [9.17, 15) is 24.6 Å². The van der Waals surface area contributed by atoms with E-state index in [-0.39, 0.29) is 37.3 Å². The van der Waals surface area contributed by atoms with Gasteiger partial charge in [-0.2, -0.15) is 0 Å². The molecule has 4 aromatic rings. The van der Waals surface area contributed by atoms with Crippen molar-refractivity contribution in [3.63, 3.8) is 0 Å². The highest BCUT2D eigenvalue weighted by atomic mass is 127. The van der Waals surface area contributed by atoms with E-state index < -0.39 is 35.7 Å². The van der Waals surface area contributed by atoms with Crippen LogP contribution in [0.2, 0.25) is 0 Å². The summed E-state index contributed by atoms with van der Waals surface area (Å²) in [5, 5.41) is 24.0. The Labute approximate surface area is 248 Å². The molecule has 11 heteroatoms. The lowest BCUT2D eigenvalue weighted by molar-refractivity contribution is -0.118. The molecule has 0 spiro atoms. The van der Waals surface area contributed by atoms with E-state index in [1.165, 1.54) is 29.6 Å². The van der Waals surface area contributed by atoms with Crippen molar-refractivity contribution in [1.82, 2.24) is 10.2 Å². The Hall–Kier alpha value is -3.94. The lowest BCUT2D eigenvalue weighted by Crippen LogP contribution is -2.55. The number of carbonyl (C=O) groups is 2. The highest BCUT2D eigenvalue weighted by Crippen LogP contribution is 2.31. The van der Waals surface area contributed by atoms with Crippen LogP contribution in [-0.2, 0) is 11.3 Å². The number of fused-ring (bicyclic) bond motifs is 1. The molecule has 0 aliphatic heterocycles. The minimum Gasteiger partial charge on any atom is -0.482 e. The topological polar surface area (TPSA) is 142 Å². The zero-order chi connectivity index (χ0) is 28.9. The third-order valence-corrected chi connectivity index (χ3v) is 7.67. The van der Waals surface area contributed by atoms with Crippen molar-refractivity contribution in [2.24, 2.45) is 0 Å². The third-order valence-electron chi connectivity index (χ3n) is 6.78. The largest absolute Gasteiger partial charge is 0.482 e. The number of halogens is 1. The molecule has 0 saturated heterocycles. The van der Waals surface area contributed by atoms with Gasteiger partial charge in [-0.3, -0.25) is 9.59 Å². The van der Waals surface area contributed by atoms with Crippen molar-refractivity contribution in [2.75, 3.05) is 13.2 Å². The average Bonchev–Trinajstić information content (AvgIpc) is 3.49. The number of rotatable bonds is 9. The summed E-state index contributed by atoms with van der Waals surface area (Å²) in [6, 6.07) is 16.2. The molecule has 0 saturated carbocycles. The number of nitrogens with zero attached hydrogens (tertiary/aromatic N) is 1. The molecule has 1 aliphatic rings. The molecule has 10 nitrogen and oxygen atoms in total. The maximum absolute atomic E-state index is 14.1. The Morgan fingerprint density at radius 3 is 2.66 bits per heavy atom. The van der Waals surface area contributed by atoms with E-state index in [2.05, 4.69) is 27.9 Å². The van der Waals surface area contributed by atoms with Crippen LogP contribution in [0, 0.1) is 3.57 Å². The molecular weight excluding hydrogens is 643 g/mol. The van der Waals surface area contributed by atoms with Crippen molar-refractivity contribution in [1.29, 1.82) is 0 Å². The van der Waals surface area contributed by atoms with Crippen LogP contribution in [0.1, 0.15) is 22.3 Å². The van der Waals surface area contributed by atoms with Crippen molar-refractivity contribution in [3.05, 3.63) is 110 Å². The van der Waals surface area contributed by atoms with E-state index in [1.54, 1.807) is 42.5 Å². The smallest absolute Gasteiger partial charge is 0.349 e. The predicted octanol–water partition coefficient (Wildman–Crippen LogP) is 3.25. The minimum absolute atomic E-state index is 0.0234. The molecule has 2 heterocycles. The summed E-state index contributed by atoms with van der Waals surface area (Å²) in [5.41, 5.74) is 0.186. The Balaban J connectivity index is 1.56. The molecule has 3 atom stereocenters. The fourth-order valence-corrected chi connectivity index (χ4v) is 5.27. The Bertz CT molecular complexity index is 1630. The first-order valence-corrected chi connectivity index (χ1v) is 14.0. The first kappa shape index (κ1) is 28.6. The van der Waals surface area contributed by atoms with Gasteiger partial charge >= 0.3 is 5.63 Å². The first-order chi connectivity index (χ1) is 19.9. The van der Waals surface area contributed by atoms with Crippen LogP contribution in [0.3, 0.4) is 0 Å². The fraction of sp³-hybridized carbons (Fsp3) is 0.233. The number of benzene rings is 2. The maximum atomic E-state index is 14.1. The molecule has 0 bridgehead atoms. The van der Waals surface area contributed by atoms with E-state index in [0.717, 1.165) is 3.57 Å². The van der Waals surface area contributed by atoms with Crippen molar-refractivity contribution < 1.29 is 33.4 Å². The Morgan fingerprint density at radius 1 is 1.12 bits per heavy atom. The first-order valence-electron chi connectivity index (χ1n) is 12.9. The van der Waals surface area contributed by atoms with Gasteiger partial charge in [-0.1, -0.05) is 30.3 Å². The van der Waals surface area contributed by atoms with Crippen LogP contribution in [0.5, 0.6) is 5.75 Å². The highest BCUT2D eigenvalue weighted by molar-refractivity contribution is 14.1. The third kappa shape index (κ3) is 6.37. The minimum atomic E-state index is -1.27. The number of ether oxygens (including phenoxy) is 1. The molecule has 0 fully saturated rings. The SMILES string of the molecule is O=C(NCCO)C1=C[C@H](Oc2ccccc2I)[C@@H](O)[C@H](N(Cc2ccoc2)C(=O)c2cc3ccccc3oc2=O)C1. The zero-order valence-corrected chi connectivity index (χ0v) is 23.9. The molecule has 3 N–H and O–H groups in total. The molecule has 1 aliphatic carbocycles. The maximum Gasteiger partial charge on any atom is 0.349 e. The summed E-state index contributed by atoms with van der Waals surface area (Å²) in [7, 11) is 0. The average molecular weight is 670 g/mol. The van der Waals surface area contributed by atoms with Crippen LogP contribution >= 0.6 is 22.6 Å². The van der Waals surface area contributed by atoms with Gasteiger partial charge in [0.25, 0.3) is 5.91 Å². The number of para-hydroxylation sites is 2. The van der Waals surface area contributed by atoms with Gasteiger partial charge in [0.05, 0.1) is 28.7 Å². The number of amides is 2. The Kier molecular flexibility index (Phi) is 8.86. The second-order valence-corrected chi connectivity index (χ2v) is 10.7. The lowest BCUT2D eigenvalue weighted by Gasteiger charge is -2.40. The molecule has 0 radical (unpaired) electrons. The molecule has 0 unspecified atom stereocenters. The van der Waals surface area contributed by atoms with Gasteiger partial charge in [0.15, 0.2) is 0 Å². The summed E-state index contributed by atoms with van der Waals surface area (Å²) in [5.74, 6) is -0.653. The van der Waals surface area contributed by atoms with Crippen LogP contribution in [0.15, 0.2) is 98.5 Å². The van der Waals surface area contributed by atoms with Gasteiger partial charge in [-0.25, -0.2) is 4.79 Å². The van der Waals surface area contributed by atoms with Gasteiger partial charge in [-0.05, 0) is 59.0 Å². The van der Waals surface area contributed by atoms with E-state index in [1.807, 2.05) is 12.1 Å². The number of furan rings is 1. The van der Waals surface area contributed by atoms with Gasteiger partial charge in [0.1, 0.15) is 29.1 Å². The van der Waals surface area contributed by atoms with Crippen LogP contribution in [0.25, 0.3) is 11.0 Å².